The molecule has 0 saturated heterocycles. The maximum Gasteiger partial charge on any atom is 0.271 e. The fourth-order valence-corrected chi connectivity index (χ4v) is 1.94. The Kier molecular flexibility index (Phi) is 4.72. The first-order valence-electron chi connectivity index (χ1n) is 6.65. The minimum absolute atomic E-state index is 0.251. The molecule has 0 aliphatic rings. The molecule has 0 aromatic heterocycles. The first-order chi connectivity index (χ1) is 10.1. The van der Waals surface area contributed by atoms with Gasteiger partial charge in [0.1, 0.15) is 5.75 Å². The van der Waals surface area contributed by atoms with Gasteiger partial charge in [0, 0.05) is 5.56 Å². The molecule has 2 aromatic rings. The Morgan fingerprint density at radius 3 is 2.48 bits per heavy atom. The molecule has 0 bridgehead atoms. The van der Waals surface area contributed by atoms with Crippen molar-refractivity contribution < 1.29 is 9.53 Å². The van der Waals surface area contributed by atoms with Gasteiger partial charge in [0.2, 0.25) is 0 Å². The summed E-state index contributed by atoms with van der Waals surface area (Å²) in [5.41, 5.74) is 6.36. The van der Waals surface area contributed by atoms with Gasteiger partial charge in [-0.15, -0.1) is 0 Å². The normalized spacial score (nSPS) is 10.6. The summed E-state index contributed by atoms with van der Waals surface area (Å²) < 4.78 is 5.05. The van der Waals surface area contributed by atoms with Gasteiger partial charge in [-0.25, -0.2) is 5.43 Å². The van der Waals surface area contributed by atoms with Crippen molar-refractivity contribution in [2.75, 3.05) is 7.11 Å². The molecule has 21 heavy (non-hydrogen) atoms. The summed E-state index contributed by atoms with van der Waals surface area (Å²) in [6.07, 6.45) is 1.65. The standard InChI is InChI=1S/C17H18N2O2/c1-12-4-5-15(13(2)10-12)11-18-19-17(20)14-6-8-16(21-3)9-7-14/h4-11H,1-3H3,(H,19,20). The highest BCUT2D eigenvalue weighted by Gasteiger charge is 2.03. The lowest BCUT2D eigenvalue weighted by Crippen LogP contribution is -2.17. The van der Waals surface area contributed by atoms with Crippen molar-refractivity contribution in [3.05, 3.63) is 64.7 Å². The molecule has 2 rings (SSSR count). The van der Waals surface area contributed by atoms with Crippen LogP contribution in [0.3, 0.4) is 0 Å². The minimum atomic E-state index is -0.251. The molecule has 108 valence electrons. The summed E-state index contributed by atoms with van der Waals surface area (Å²) in [6, 6.07) is 12.9. The highest BCUT2D eigenvalue weighted by molar-refractivity contribution is 5.95. The summed E-state index contributed by atoms with van der Waals surface area (Å²) in [4.78, 5) is 11.9. The molecule has 0 atom stereocenters. The molecule has 0 heterocycles. The number of rotatable bonds is 4. The van der Waals surface area contributed by atoms with Crippen LogP contribution < -0.4 is 10.2 Å². The van der Waals surface area contributed by atoms with E-state index in [0.717, 1.165) is 11.1 Å². The van der Waals surface area contributed by atoms with E-state index in [1.807, 2.05) is 26.0 Å². The van der Waals surface area contributed by atoms with E-state index in [1.165, 1.54) is 5.56 Å². The van der Waals surface area contributed by atoms with Crippen molar-refractivity contribution >= 4 is 12.1 Å². The fraction of sp³-hybridized carbons (Fsp3) is 0.176. The van der Waals surface area contributed by atoms with E-state index in [1.54, 1.807) is 37.6 Å². The van der Waals surface area contributed by atoms with Crippen molar-refractivity contribution in [2.45, 2.75) is 13.8 Å². The number of nitrogens with zero attached hydrogens (tertiary/aromatic N) is 1. The van der Waals surface area contributed by atoms with Gasteiger partial charge in [0.15, 0.2) is 0 Å². The Morgan fingerprint density at radius 1 is 1.14 bits per heavy atom. The topological polar surface area (TPSA) is 50.7 Å². The predicted molar refractivity (Wildman–Crippen MR) is 84.0 cm³/mol. The predicted octanol–water partition coefficient (Wildman–Crippen LogP) is 3.08. The zero-order chi connectivity index (χ0) is 15.2. The van der Waals surface area contributed by atoms with Gasteiger partial charge in [-0.1, -0.05) is 23.8 Å². The molecule has 2 aromatic carbocycles. The van der Waals surface area contributed by atoms with Crippen molar-refractivity contribution in [3.8, 4) is 5.75 Å². The molecule has 0 aliphatic heterocycles. The average Bonchev–Trinajstić information content (AvgIpc) is 2.49. The molecule has 4 heteroatoms. The van der Waals surface area contributed by atoms with E-state index in [-0.39, 0.29) is 5.91 Å². The summed E-state index contributed by atoms with van der Waals surface area (Å²) in [5.74, 6) is 0.462. The number of hydrogen-bond donors (Lipinski definition) is 1. The van der Waals surface area contributed by atoms with Crippen LogP contribution in [-0.2, 0) is 0 Å². The van der Waals surface area contributed by atoms with Crippen LogP contribution in [-0.4, -0.2) is 19.2 Å². The Morgan fingerprint density at radius 2 is 1.86 bits per heavy atom. The molecule has 1 amide bonds. The SMILES string of the molecule is COc1ccc(C(=O)NN=Cc2ccc(C)cc2C)cc1. The van der Waals surface area contributed by atoms with Crippen LogP contribution in [0.5, 0.6) is 5.75 Å². The number of carbonyl (C=O) groups excluding carboxylic acids is 1. The second-order valence-corrected chi connectivity index (χ2v) is 4.79. The van der Waals surface area contributed by atoms with E-state index in [9.17, 15) is 4.79 Å². The van der Waals surface area contributed by atoms with E-state index in [2.05, 4.69) is 16.6 Å². The summed E-state index contributed by atoms with van der Waals surface area (Å²) in [7, 11) is 1.59. The number of hydrogen-bond acceptors (Lipinski definition) is 3. The van der Waals surface area contributed by atoms with Crippen molar-refractivity contribution in [3.63, 3.8) is 0 Å². The lowest BCUT2D eigenvalue weighted by Gasteiger charge is -2.03. The van der Waals surface area contributed by atoms with Crippen LogP contribution in [0.1, 0.15) is 27.0 Å². The quantitative estimate of drug-likeness (QED) is 0.692. The second-order valence-electron chi connectivity index (χ2n) is 4.79. The number of methoxy groups -OCH3 is 1. The molecule has 1 N–H and O–H groups in total. The Bertz CT molecular complexity index is 661. The van der Waals surface area contributed by atoms with Crippen LogP contribution in [0.15, 0.2) is 47.6 Å². The molecular weight excluding hydrogens is 264 g/mol. The highest BCUT2D eigenvalue weighted by atomic mass is 16.5. The van der Waals surface area contributed by atoms with Gasteiger partial charge >= 0.3 is 0 Å². The molecule has 0 fully saturated rings. The Labute approximate surface area is 124 Å². The van der Waals surface area contributed by atoms with Gasteiger partial charge in [-0.05, 0) is 49.2 Å². The number of nitrogens with one attached hydrogen (secondary N) is 1. The van der Waals surface area contributed by atoms with Gasteiger partial charge in [0.05, 0.1) is 13.3 Å². The zero-order valence-corrected chi connectivity index (χ0v) is 12.4. The Hall–Kier alpha value is -2.62. The number of aryl methyl sites for hydroxylation is 2. The lowest BCUT2D eigenvalue weighted by molar-refractivity contribution is 0.0955. The van der Waals surface area contributed by atoms with Gasteiger partial charge in [0.25, 0.3) is 5.91 Å². The summed E-state index contributed by atoms with van der Waals surface area (Å²) in [6.45, 7) is 4.05. The van der Waals surface area contributed by atoms with Gasteiger partial charge < -0.3 is 4.74 Å². The minimum Gasteiger partial charge on any atom is -0.497 e. The van der Waals surface area contributed by atoms with Gasteiger partial charge in [-0.3, -0.25) is 4.79 Å². The lowest BCUT2D eigenvalue weighted by atomic mass is 10.1. The van der Waals surface area contributed by atoms with Crippen molar-refractivity contribution in [2.24, 2.45) is 5.10 Å². The molecule has 0 radical (unpaired) electrons. The van der Waals surface area contributed by atoms with Crippen LogP contribution in [0.2, 0.25) is 0 Å². The third-order valence-corrected chi connectivity index (χ3v) is 3.15. The third-order valence-electron chi connectivity index (χ3n) is 3.15. The first kappa shape index (κ1) is 14.8. The fourth-order valence-electron chi connectivity index (χ4n) is 1.94. The third kappa shape index (κ3) is 3.92. The molecule has 0 spiro atoms. The average molecular weight is 282 g/mol. The molecule has 0 aliphatic carbocycles. The maximum absolute atomic E-state index is 11.9. The second kappa shape index (κ2) is 6.70. The van der Waals surface area contributed by atoms with Crippen LogP contribution >= 0.6 is 0 Å². The van der Waals surface area contributed by atoms with E-state index in [4.69, 9.17) is 4.74 Å². The molecular formula is C17H18N2O2. The van der Waals surface area contributed by atoms with Crippen molar-refractivity contribution in [1.82, 2.24) is 5.43 Å². The highest BCUT2D eigenvalue weighted by Crippen LogP contribution is 2.11. The van der Waals surface area contributed by atoms with Crippen LogP contribution in [0.4, 0.5) is 0 Å². The van der Waals surface area contributed by atoms with E-state index < -0.39 is 0 Å². The number of hydrazone groups is 1. The number of carbonyl (C=O) groups is 1. The Balaban J connectivity index is 2.01. The monoisotopic (exact) mass is 282 g/mol. The van der Waals surface area contributed by atoms with Crippen molar-refractivity contribution in [1.29, 1.82) is 0 Å². The largest absolute Gasteiger partial charge is 0.497 e. The summed E-state index contributed by atoms with van der Waals surface area (Å²) in [5, 5.41) is 4.00. The zero-order valence-electron chi connectivity index (χ0n) is 12.4. The molecule has 4 nitrogen and oxygen atoms in total. The number of benzene rings is 2. The van der Waals surface area contributed by atoms with E-state index >= 15 is 0 Å². The number of ether oxygens (including phenoxy) is 1. The summed E-state index contributed by atoms with van der Waals surface area (Å²) >= 11 is 0. The van der Waals surface area contributed by atoms with E-state index in [0.29, 0.717) is 11.3 Å². The van der Waals surface area contributed by atoms with Gasteiger partial charge in [-0.2, -0.15) is 5.10 Å². The molecule has 0 unspecified atom stereocenters. The van der Waals surface area contributed by atoms with Crippen LogP contribution in [0.25, 0.3) is 0 Å². The smallest absolute Gasteiger partial charge is 0.271 e. The maximum atomic E-state index is 11.9. The van der Waals surface area contributed by atoms with Crippen LogP contribution in [0, 0.1) is 13.8 Å². The number of amides is 1. The first-order valence-corrected chi connectivity index (χ1v) is 6.65. The molecule has 0 saturated carbocycles.